The molecule has 118 valence electrons. The molecule has 0 aliphatic heterocycles. The smallest absolute Gasteiger partial charge is 0.220 e. The Morgan fingerprint density at radius 3 is 3.14 bits per heavy atom. The van der Waals surface area contributed by atoms with Crippen LogP contribution < -0.4 is 5.32 Å². The summed E-state index contributed by atoms with van der Waals surface area (Å²) in [4.78, 5) is 12.1. The fourth-order valence-electron chi connectivity index (χ4n) is 3.15. The van der Waals surface area contributed by atoms with Crippen LogP contribution in [0.1, 0.15) is 48.7 Å². The molecule has 0 saturated heterocycles. The van der Waals surface area contributed by atoms with Crippen molar-refractivity contribution < 1.29 is 4.79 Å². The monoisotopic (exact) mass is 317 g/mol. The van der Waals surface area contributed by atoms with E-state index in [-0.39, 0.29) is 11.9 Å². The molecule has 0 saturated carbocycles. The van der Waals surface area contributed by atoms with Crippen molar-refractivity contribution in [1.29, 1.82) is 0 Å². The number of carbonyl (C=O) groups is 1. The first kappa shape index (κ1) is 15.3. The van der Waals surface area contributed by atoms with Crippen LogP contribution in [0, 0.1) is 0 Å². The van der Waals surface area contributed by atoms with Crippen LogP contribution in [0.15, 0.2) is 16.8 Å². The standard InChI is InChI=1S/C17H23N3OS/c1-12(10-13-8-9-22-11-13)18-17(21)7-6-16-14-4-2-3-5-15(14)19-20-16/h8-9,11-12H,2-7,10H2,1H3,(H,18,21)(H,19,20)/t12-/m0/s1. The average Bonchev–Trinajstić information content (AvgIpc) is 3.14. The SMILES string of the molecule is C[C@@H](Cc1ccsc1)NC(=O)CCc1n[nH]c2c1CCCC2. The molecular weight excluding hydrogens is 294 g/mol. The van der Waals surface area contributed by atoms with E-state index in [9.17, 15) is 4.79 Å². The van der Waals surface area contributed by atoms with Gasteiger partial charge in [0.2, 0.25) is 5.91 Å². The third-order valence-corrected chi connectivity index (χ3v) is 4.99. The van der Waals surface area contributed by atoms with Crippen LogP contribution in [0.4, 0.5) is 0 Å². The highest BCUT2D eigenvalue weighted by molar-refractivity contribution is 7.07. The largest absolute Gasteiger partial charge is 0.353 e. The van der Waals surface area contributed by atoms with Crippen molar-refractivity contribution >= 4 is 17.2 Å². The summed E-state index contributed by atoms with van der Waals surface area (Å²) in [5.41, 5.74) is 5.03. The fourth-order valence-corrected chi connectivity index (χ4v) is 3.83. The number of hydrogen-bond donors (Lipinski definition) is 2. The molecule has 2 aromatic heterocycles. The van der Waals surface area contributed by atoms with Crippen LogP contribution in [0.3, 0.4) is 0 Å². The molecule has 2 heterocycles. The van der Waals surface area contributed by atoms with E-state index in [1.54, 1.807) is 11.3 Å². The number of aromatic nitrogens is 2. The van der Waals surface area contributed by atoms with Crippen molar-refractivity contribution in [1.82, 2.24) is 15.5 Å². The van der Waals surface area contributed by atoms with E-state index >= 15 is 0 Å². The van der Waals surface area contributed by atoms with Gasteiger partial charge in [-0.15, -0.1) is 0 Å². The number of aryl methyl sites for hydroxylation is 2. The maximum atomic E-state index is 12.1. The molecule has 1 amide bonds. The highest BCUT2D eigenvalue weighted by Gasteiger charge is 2.17. The summed E-state index contributed by atoms with van der Waals surface area (Å²) in [6.07, 6.45) is 6.85. The molecule has 1 aliphatic carbocycles. The maximum absolute atomic E-state index is 12.1. The summed E-state index contributed by atoms with van der Waals surface area (Å²) in [6.45, 7) is 2.06. The van der Waals surface area contributed by atoms with Gasteiger partial charge < -0.3 is 5.32 Å². The minimum Gasteiger partial charge on any atom is -0.353 e. The van der Waals surface area contributed by atoms with E-state index in [1.165, 1.54) is 29.7 Å². The Morgan fingerprint density at radius 2 is 2.32 bits per heavy atom. The number of rotatable bonds is 6. The van der Waals surface area contributed by atoms with E-state index in [0.717, 1.165) is 31.4 Å². The zero-order valence-electron chi connectivity index (χ0n) is 13.0. The Hall–Kier alpha value is -1.62. The number of amides is 1. The van der Waals surface area contributed by atoms with Crippen molar-refractivity contribution in [2.24, 2.45) is 0 Å². The van der Waals surface area contributed by atoms with Gasteiger partial charge in [0.05, 0.1) is 5.69 Å². The molecule has 1 aliphatic rings. The second kappa shape index (κ2) is 7.09. The lowest BCUT2D eigenvalue weighted by molar-refractivity contribution is -0.121. The number of nitrogens with one attached hydrogen (secondary N) is 2. The minimum atomic E-state index is 0.121. The van der Waals surface area contributed by atoms with Gasteiger partial charge in [0.1, 0.15) is 0 Å². The normalized spacial score (nSPS) is 15.3. The van der Waals surface area contributed by atoms with Gasteiger partial charge >= 0.3 is 0 Å². The summed E-state index contributed by atoms with van der Waals surface area (Å²) in [5, 5.41) is 14.8. The number of fused-ring (bicyclic) bond motifs is 1. The number of H-pyrrole nitrogens is 1. The molecule has 22 heavy (non-hydrogen) atoms. The summed E-state index contributed by atoms with van der Waals surface area (Å²) >= 11 is 1.70. The summed E-state index contributed by atoms with van der Waals surface area (Å²) in [6, 6.07) is 2.29. The topological polar surface area (TPSA) is 57.8 Å². The van der Waals surface area contributed by atoms with E-state index in [2.05, 4.69) is 39.3 Å². The minimum absolute atomic E-state index is 0.121. The second-order valence-corrected chi connectivity index (χ2v) is 6.92. The zero-order valence-corrected chi connectivity index (χ0v) is 13.8. The van der Waals surface area contributed by atoms with Crippen LogP contribution in [-0.4, -0.2) is 22.1 Å². The lowest BCUT2D eigenvalue weighted by atomic mass is 9.94. The molecule has 4 nitrogen and oxygen atoms in total. The highest BCUT2D eigenvalue weighted by atomic mass is 32.1. The Balaban J connectivity index is 1.47. The van der Waals surface area contributed by atoms with Gasteiger partial charge in [-0.25, -0.2) is 0 Å². The summed E-state index contributed by atoms with van der Waals surface area (Å²) in [7, 11) is 0. The van der Waals surface area contributed by atoms with Gasteiger partial charge in [-0.2, -0.15) is 16.4 Å². The number of hydrogen-bond acceptors (Lipinski definition) is 3. The molecule has 0 aromatic carbocycles. The Morgan fingerprint density at radius 1 is 1.45 bits per heavy atom. The van der Waals surface area contributed by atoms with E-state index < -0.39 is 0 Å². The van der Waals surface area contributed by atoms with Crippen LogP contribution in [0.25, 0.3) is 0 Å². The summed E-state index contributed by atoms with van der Waals surface area (Å²) < 4.78 is 0. The second-order valence-electron chi connectivity index (χ2n) is 6.14. The van der Waals surface area contributed by atoms with Gasteiger partial charge in [0.25, 0.3) is 0 Å². The van der Waals surface area contributed by atoms with Gasteiger partial charge in [-0.05, 0) is 67.0 Å². The van der Waals surface area contributed by atoms with Crippen molar-refractivity contribution in [2.75, 3.05) is 0 Å². The number of nitrogens with zero attached hydrogens (tertiary/aromatic N) is 1. The molecule has 0 radical (unpaired) electrons. The van der Waals surface area contributed by atoms with E-state index in [1.807, 2.05) is 0 Å². The quantitative estimate of drug-likeness (QED) is 0.860. The van der Waals surface area contributed by atoms with Crippen molar-refractivity contribution in [2.45, 2.75) is 57.9 Å². The molecule has 0 bridgehead atoms. The Bertz CT molecular complexity index is 618. The lowest BCUT2D eigenvalue weighted by Crippen LogP contribution is -2.34. The average molecular weight is 317 g/mol. The van der Waals surface area contributed by atoms with E-state index in [4.69, 9.17) is 0 Å². The predicted octanol–water partition coefficient (Wildman–Crippen LogP) is 3.03. The Kier molecular flexibility index (Phi) is 4.93. The molecule has 3 rings (SSSR count). The van der Waals surface area contributed by atoms with Crippen molar-refractivity contribution in [3.05, 3.63) is 39.3 Å². The molecule has 0 spiro atoms. The molecule has 2 aromatic rings. The van der Waals surface area contributed by atoms with Crippen LogP contribution in [0.2, 0.25) is 0 Å². The predicted molar refractivity (Wildman–Crippen MR) is 89.2 cm³/mol. The number of carbonyl (C=O) groups excluding carboxylic acids is 1. The molecule has 0 fully saturated rings. The molecule has 1 atom stereocenters. The first-order valence-electron chi connectivity index (χ1n) is 8.08. The van der Waals surface area contributed by atoms with Gasteiger partial charge in [0, 0.05) is 24.6 Å². The maximum Gasteiger partial charge on any atom is 0.220 e. The zero-order chi connectivity index (χ0) is 15.4. The van der Waals surface area contributed by atoms with Crippen LogP contribution >= 0.6 is 11.3 Å². The fraction of sp³-hybridized carbons (Fsp3) is 0.529. The van der Waals surface area contributed by atoms with Crippen molar-refractivity contribution in [3.8, 4) is 0 Å². The van der Waals surface area contributed by atoms with Crippen LogP contribution in [0.5, 0.6) is 0 Å². The molecule has 2 N–H and O–H groups in total. The Labute approximate surface area is 135 Å². The van der Waals surface area contributed by atoms with Crippen LogP contribution in [-0.2, 0) is 30.5 Å². The lowest BCUT2D eigenvalue weighted by Gasteiger charge is -2.14. The highest BCUT2D eigenvalue weighted by Crippen LogP contribution is 2.22. The first-order valence-corrected chi connectivity index (χ1v) is 9.02. The molecule has 5 heteroatoms. The molecule has 0 unspecified atom stereocenters. The van der Waals surface area contributed by atoms with E-state index in [0.29, 0.717) is 6.42 Å². The molecular formula is C17H23N3OS. The van der Waals surface area contributed by atoms with Gasteiger partial charge in [0.15, 0.2) is 0 Å². The number of aromatic amines is 1. The first-order chi connectivity index (χ1) is 10.7. The number of thiophene rings is 1. The third-order valence-electron chi connectivity index (χ3n) is 4.26. The van der Waals surface area contributed by atoms with Gasteiger partial charge in [-0.1, -0.05) is 0 Å². The van der Waals surface area contributed by atoms with Crippen molar-refractivity contribution in [3.63, 3.8) is 0 Å². The van der Waals surface area contributed by atoms with Gasteiger partial charge in [-0.3, -0.25) is 9.89 Å². The summed E-state index contributed by atoms with van der Waals surface area (Å²) in [5.74, 6) is 0.121. The third kappa shape index (κ3) is 3.77.